The molecular formula is C18H27NO2. The van der Waals surface area contributed by atoms with Crippen LogP contribution in [0.25, 0.3) is 0 Å². The van der Waals surface area contributed by atoms with Crippen molar-refractivity contribution < 1.29 is 9.47 Å². The first-order valence-corrected chi connectivity index (χ1v) is 8.21. The van der Waals surface area contributed by atoms with E-state index in [1.54, 1.807) is 0 Å². The van der Waals surface area contributed by atoms with Crippen LogP contribution < -0.4 is 5.32 Å². The highest BCUT2D eigenvalue weighted by Crippen LogP contribution is 2.40. The van der Waals surface area contributed by atoms with Gasteiger partial charge in [-0.05, 0) is 43.9 Å². The molecule has 1 aromatic rings. The van der Waals surface area contributed by atoms with E-state index >= 15 is 0 Å². The summed E-state index contributed by atoms with van der Waals surface area (Å²) in [5.74, 6) is 0. The van der Waals surface area contributed by atoms with Gasteiger partial charge in [-0.3, -0.25) is 0 Å². The first kappa shape index (κ1) is 15.0. The zero-order valence-electron chi connectivity index (χ0n) is 13.2. The summed E-state index contributed by atoms with van der Waals surface area (Å²) >= 11 is 0. The quantitative estimate of drug-likeness (QED) is 0.902. The van der Waals surface area contributed by atoms with Crippen molar-refractivity contribution in [3.05, 3.63) is 35.4 Å². The first-order valence-electron chi connectivity index (χ1n) is 8.21. The number of ether oxygens (including phenoxy) is 2. The van der Waals surface area contributed by atoms with Crippen LogP contribution in [0.5, 0.6) is 0 Å². The molecule has 1 saturated carbocycles. The number of hydrogen-bond donors (Lipinski definition) is 1. The van der Waals surface area contributed by atoms with Crippen LogP contribution in [0.4, 0.5) is 0 Å². The molecule has 0 bridgehead atoms. The third kappa shape index (κ3) is 2.87. The minimum Gasteiger partial charge on any atom is -0.377 e. The maximum atomic E-state index is 6.09. The molecule has 1 heterocycles. The van der Waals surface area contributed by atoms with Gasteiger partial charge in [0.05, 0.1) is 18.3 Å². The summed E-state index contributed by atoms with van der Waals surface area (Å²) in [5.41, 5.74) is 2.81. The van der Waals surface area contributed by atoms with Gasteiger partial charge in [0.2, 0.25) is 0 Å². The van der Waals surface area contributed by atoms with Crippen LogP contribution in [0.1, 0.15) is 49.3 Å². The summed E-state index contributed by atoms with van der Waals surface area (Å²) < 4.78 is 12.1. The van der Waals surface area contributed by atoms with Crippen molar-refractivity contribution in [2.45, 2.75) is 56.3 Å². The van der Waals surface area contributed by atoms with Crippen LogP contribution in [0, 0.1) is 0 Å². The van der Waals surface area contributed by atoms with Crippen molar-refractivity contribution in [1.82, 2.24) is 5.32 Å². The lowest BCUT2D eigenvalue weighted by atomic mass is 9.85. The molecule has 1 fully saturated rings. The Morgan fingerprint density at radius 3 is 2.81 bits per heavy atom. The topological polar surface area (TPSA) is 30.5 Å². The van der Waals surface area contributed by atoms with E-state index in [-0.39, 0.29) is 11.7 Å². The van der Waals surface area contributed by atoms with Crippen LogP contribution in [0.2, 0.25) is 0 Å². The molecule has 2 atom stereocenters. The van der Waals surface area contributed by atoms with E-state index in [0.717, 1.165) is 32.3 Å². The van der Waals surface area contributed by atoms with Crippen molar-refractivity contribution in [3.63, 3.8) is 0 Å². The number of hydrogen-bond acceptors (Lipinski definition) is 3. The Labute approximate surface area is 128 Å². The highest BCUT2D eigenvalue weighted by atomic mass is 16.5. The highest BCUT2D eigenvalue weighted by molar-refractivity contribution is 5.31. The minimum atomic E-state index is -0.00942. The van der Waals surface area contributed by atoms with Crippen LogP contribution >= 0.6 is 0 Å². The van der Waals surface area contributed by atoms with Gasteiger partial charge in [-0.2, -0.15) is 0 Å². The molecule has 0 aromatic heterocycles. The van der Waals surface area contributed by atoms with E-state index in [1.807, 2.05) is 7.11 Å². The summed E-state index contributed by atoms with van der Waals surface area (Å²) in [5, 5.41) is 3.51. The monoisotopic (exact) mass is 289 g/mol. The molecule has 2 aliphatic rings. The highest BCUT2D eigenvalue weighted by Gasteiger charge is 2.42. The molecule has 3 nitrogen and oxygen atoms in total. The average Bonchev–Trinajstić information content (AvgIpc) is 3.02. The van der Waals surface area contributed by atoms with Crippen LogP contribution in [-0.4, -0.2) is 32.4 Å². The standard InChI is InChI=1S/C18H27NO2/c1-19-17(18(20-2)10-5-6-11-18)13-16-15-8-4-3-7-14(15)9-12-21-16/h3-4,7-8,16-17,19H,5-6,9-13H2,1-2H3. The molecular weight excluding hydrogens is 262 g/mol. The van der Waals surface area contributed by atoms with E-state index in [2.05, 4.69) is 36.6 Å². The van der Waals surface area contributed by atoms with Gasteiger partial charge in [-0.25, -0.2) is 0 Å². The molecule has 0 saturated heterocycles. The van der Waals surface area contributed by atoms with E-state index in [4.69, 9.17) is 9.47 Å². The van der Waals surface area contributed by atoms with Crippen LogP contribution in [-0.2, 0) is 15.9 Å². The number of methoxy groups -OCH3 is 1. The zero-order chi connectivity index (χ0) is 14.7. The maximum Gasteiger partial charge on any atom is 0.0843 e. The van der Waals surface area contributed by atoms with E-state index < -0.39 is 0 Å². The Morgan fingerprint density at radius 1 is 1.33 bits per heavy atom. The molecule has 1 N–H and O–H groups in total. The van der Waals surface area contributed by atoms with Crippen molar-refractivity contribution in [2.75, 3.05) is 20.8 Å². The first-order chi connectivity index (χ1) is 10.3. The van der Waals surface area contributed by atoms with E-state index in [0.29, 0.717) is 6.04 Å². The van der Waals surface area contributed by atoms with Gasteiger partial charge < -0.3 is 14.8 Å². The lowest BCUT2D eigenvalue weighted by molar-refractivity contribution is -0.0568. The molecule has 0 amide bonds. The number of benzene rings is 1. The number of fused-ring (bicyclic) bond motifs is 1. The molecule has 2 unspecified atom stereocenters. The number of likely N-dealkylation sites (N-methyl/N-ethyl adjacent to an activating group) is 1. The fourth-order valence-corrected chi connectivity index (χ4v) is 4.15. The van der Waals surface area contributed by atoms with Crippen molar-refractivity contribution in [2.24, 2.45) is 0 Å². The lowest BCUT2D eigenvalue weighted by Gasteiger charge is -2.39. The fraction of sp³-hybridized carbons (Fsp3) is 0.667. The molecule has 1 aromatic carbocycles. The second-order valence-electron chi connectivity index (χ2n) is 6.36. The maximum absolute atomic E-state index is 6.09. The normalized spacial score (nSPS) is 25.5. The predicted octanol–water partition coefficient (Wildman–Crippen LogP) is 3.24. The smallest absolute Gasteiger partial charge is 0.0843 e. The second-order valence-corrected chi connectivity index (χ2v) is 6.36. The number of rotatable bonds is 5. The van der Waals surface area contributed by atoms with Gasteiger partial charge in [0.15, 0.2) is 0 Å². The Morgan fingerprint density at radius 2 is 2.10 bits per heavy atom. The largest absolute Gasteiger partial charge is 0.377 e. The zero-order valence-corrected chi connectivity index (χ0v) is 13.2. The van der Waals surface area contributed by atoms with Gasteiger partial charge in [0.1, 0.15) is 0 Å². The van der Waals surface area contributed by atoms with Gasteiger partial charge >= 0.3 is 0 Å². The molecule has 3 heteroatoms. The van der Waals surface area contributed by atoms with Gasteiger partial charge in [-0.1, -0.05) is 37.1 Å². The summed E-state index contributed by atoms with van der Waals surface area (Å²) in [6.45, 7) is 0.831. The van der Waals surface area contributed by atoms with E-state index in [1.165, 1.54) is 24.0 Å². The third-order valence-corrected chi connectivity index (χ3v) is 5.38. The SMILES string of the molecule is CNC(CC1OCCc2ccccc21)C1(OC)CCCC1. The summed E-state index contributed by atoms with van der Waals surface area (Å²) in [6.07, 6.45) is 7.07. The van der Waals surface area contributed by atoms with Crippen molar-refractivity contribution >= 4 is 0 Å². The Balaban J connectivity index is 1.79. The van der Waals surface area contributed by atoms with Crippen LogP contribution in [0.3, 0.4) is 0 Å². The van der Waals surface area contributed by atoms with Gasteiger partial charge in [0, 0.05) is 13.2 Å². The predicted molar refractivity (Wildman–Crippen MR) is 84.5 cm³/mol. The summed E-state index contributed by atoms with van der Waals surface area (Å²) in [4.78, 5) is 0. The summed E-state index contributed by atoms with van der Waals surface area (Å²) in [6, 6.07) is 9.06. The summed E-state index contributed by atoms with van der Waals surface area (Å²) in [7, 11) is 3.92. The molecule has 1 aliphatic heterocycles. The Bertz CT molecular complexity index is 468. The fourth-order valence-electron chi connectivity index (χ4n) is 4.15. The molecule has 116 valence electrons. The Kier molecular flexibility index (Phi) is 4.63. The number of nitrogens with one attached hydrogen (secondary N) is 1. The van der Waals surface area contributed by atoms with Crippen molar-refractivity contribution in [1.29, 1.82) is 0 Å². The third-order valence-electron chi connectivity index (χ3n) is 5.38. The molecule has 0 spiro atoms. The average molecular weight is 289 g/mol. The van der Waals surface area contributed by atoms with Gasteiger partial charge in [0.25, 0.3) is 0 Å². The minimum absolute atomic E-state index is 0.00942. The molecule has 0 radical (unpaired) electrons. The van der Waals surface area contributed by atoms with Gasteiger partial charge in [-0.15, -0.1) is 0 Å². The second kappa shape index (κ2) is 6.47. The molecule has 1 aliphatic carbocycles. The lowest BCUT2D eigenvalue weighted by Crippen LogP contribution is -2.50. The van der Waals surface area contributed by atoms with E-state index in [9.17, 15) is 0 Å². The molecule has 3 rings (SSSR count). The Hall–Kier alpha value is -0.900. The van der Waals surface area contributed by atoms with Crippen molar-refractivity contribution in [3.8, 4) is 0 Å². The molecule has 21 heavy (non-hydrogen) atoms. The van der Waals surface area contributed by atoms with Crippen LogP contribution in [0.15, 0.2) is 24.3 Å².